The van der Waals surface area contributed by atoms with E-state index < -0.39 is 252 Å². The van der Waals surface area contributed by atoms with Crippen LogP contribution in [-0.2, 0) is 34.4 Å². The summed E-state index contributed by atoms with van der Waals surface area (Å²) in [6.07, 6.45) is -6.56. The number of rotatable bonds is 12. The molecule has 6 rings (SSSR count). The first-order chi connectivity index (χ1) is 35.8. The van der Waals surface area contributed by atoms with Crippen LogP contribution in [0.3, 0.4) is 0 Å². The summed E-state index contributed by atoms with van der Waals surface area (Å²) in [4.78, 5) is 30.9. The smallest absolute Gasteiger partial charge is 0.383 e. The Morgan fingerprint density at radius 1 is 1.00 bits per heavy atom. The zero-order valence-corrected chi connectivity index (χ0v) is 27.8. The summed E-state index contributed by atoms with van der Waals surface area (Å²) < 4.78 is 300. The van der Waals surface area contributed by atoms with Crippen LogP contribution in [0.2, 0.25) is 0 Å². The Morgan fingerprint density at radius 3 is 2.47 bits per heavy atom. The lowest BCUT2D eigenvalue weighted by molar-refractivity contribution is -0.138. The molecular formula is C41H40F5N3O3S. The molecule has 1 aliphatic heterocycles. The molecular weight excluding hydrogens is 710 g/mol. The SMILES string of the molecule is [2H]c1c([2H])c(F)c(F)c(C([2H])([2H])Sc2c([2H])c(=O)c3c([2H])c([2H])c([2H])c([2H])c3n2C([2H])([2H])C(=O)N(C2CCN(CC([2H])([2H])OC([2H])([2H])[2H])CC2)C([2H])([2H])c2c([2H])c([2H])c(-c3c([2H])c([2H])c(C(F)(F)F)c(C)c3[2H])c([2H])c2[2H])c1[2H]. The first-order valence-corrected chi connectivity index (χ1v) is 16.0. The van der Waals surface area contributed by atoms with Crippen molar-refractivity contribution in [3.05, 3.63) is 135 Å². The third-order valence-corrected chi connectivity index (χ3v) is 8.45. The maximum Gasteiger partial charge on any atom is 0.416 e. The average molecular weight is 776 g/mol. The largest absolute Gasteiger partial charge is 0.416 e. The lowest BCUT2D eigenvalue weighted by Crippen LogP contribution is -2.48. The number of benzene rings is 4. The fourth-order valence-electron chi connectivity index (χ4n) is 5.11. The highest BCUT2D eigenvalue weighted by Gasteiger charge is 2.32. The van der Waals surface area contributed by atoms with E-state index in [0.29, 0.717) is 0 Å². The molecule has 5 aromatic rings. The minimum absolute atomic E-state index is 0.0451. The van der Waals surface area contributed by atoms with Crippen molar-refractivity contribution >= 4 is 28.6 Å². The van der Waals surface area contributed by atoms with Gasteiger partial charge in [0.05, 0.1) is 55.6 Å². The molecule has 4 aromatic carbocycles. The highest BCUT2D eigenvalue weighted by atomic mass is 32.2. The van der Waals surface area contributed by atoms with Crippen molar-refractivity contribution < 1.29 is 67.1 Å². The van der Waals surface area contributed by atoms with E-state index in [0.717, 1.165) is 6.92 Å². The van der Waals surface area contributed by atoms with Gasteiger partial charge in [0.15, 0.2) is 17.1 Å². The molecule has 0 unspecified atom stereocenters. The summed E-state index contributed by atoms with van der Waals surface area (Å²) in [5.41, 5.74) is -15.0. The number of likely N-dealkylation sites (tertiary alicyclic amines) is 1. The van der Waals surface area contributed by atoms with E-state index in [1.165, 1.54) is 4.90 Å². The van der Waals surface area contributed by atoms with Gasteiger partial charge in [-0.3, -0.25) is 9.59 Å². The predicted octanol–water partition coefficient (Wildman–Crippen LogP) is 8.71. The van der Waals surface area contributed by atoms with Crippen molar-refractivity contribution in [2.24, 2.45) is 0 Å². The number of alkyl halides is 3. The van der Waals surface area contributed by atoms with Crippen molar-refractivity contribution in [2.75, 3.05) is 33.2 Å². The van der Waals surface area contributed by atoms with Crippen LogP contribution in [0.15, 0.2) is 100 Å². The molecule has 2 heterocycles. The zero-order chi connectivity index (χ0) is 60.4. The summed E-state index contributed by atoms with van der Waals surface area (Å²) in [7, 11) is -3.27. The van der Waals surface area contributed by atoms with Crippen LogP contribution in [0, 0.1) is 18.6 Å². The molecule has 1 saturated heterocycles. The predicted molar refractivity (Wildman–Crippen MR) is 198 cm³/mol. The van der Waals surface area contributed by atoms with Gasteiger partial charge in [0.1, 0.15) is 6.50 Å². The molecule has 53 heavy (non-hydrogen) atoms. The summed E-state index contributed by atoms with van der Waals surface area (Å²) in [5, 5.41) is -2.79. The van der Waals surface area contributed by atoms with Crippen molar-refractivity contribution in [3.8, 4) is 11.1 Å². The minimum atomic E-state index is -5.31. The average Bonchev–Trinajstić information content (AvgIpc) is 3.45. The molecule has 6 nitrogen and oxygen atoms in total. The van der Waals surface area contributed by atoms with E-state index in [2.05, 4.69) is 4.74 Å². The lowest BCUT2D eigenvalue weighted by Gasteiger charge is -2.39. The molecule has 0 bridgehead atoms. The number of aromatic nitrogens is 1. The number of fused-ring (bicyclic) bond motifs is 1. The van der Waals surface area contributed by atoms with Crippen LogP contribution in [0.4, 0.5) is 22.0 Å². The lowest BCUT2D eigenvalue weighted by atomic mass is 9.98. The maximum atomic E-state index is 15.7. The first kappa shape index (κ1) is 17.3. The molecule has 0 saturated carbocycles. The number of hydrogen-bond acceptors (Lipinski definition) is 5. The van der Waals surface area contributed by atoms with Crippen LogP contribution in [-0.4, -0.2) is 59.5 Å². The van der Waals surface area contributed by atoms with Gasteiger partial charge in [0.25, 0.3) is 0 Å². The van der Waals surface area contributed by atoms with Gasteiger partial charge in [0, 0.05) is 64.6 Å². The molecule has 0 atom stereocenters. The Balaban J connectivity index is 1.68. The number of thioether (sulfide) groups is 1. The first-order valence-electron chi connectivity index (χ1n) is 28.2. The number of carbonyl (C=O) groups excluding carboxylic acids is 1. The van der Waals surface area contributed by atoms with Gasteiger partial charge in [-0.2, -0.15) is 13.2 Å². The molecule has 278 valence electrons. The number of methoxy groups -OCH3 is 1. The number of hydrogen-bond donors (Lipinski definition) is 0. The van der Waals surface area contributed by atoms with Gasteiger partial charge in [-0.1, -0.05) is 60.4 Å². The second-order valence-corrected chi connectivity index (χ2v) is 11.8. The summed E-state index contributed by atoms with van der Waals surface area (Å²) >= 11 is -0.653. The fourth-order valence-corrected chi connectivity index (χ4v) is 5.82. The van der Waals surface area contributed by atoms with Crippen LogP contribution in [0.5, 0.6) is 0 Å². The quantitative estimate of drug-likeness (QED) is 0.0939. The monoisotopic (exact) mass is 775 g/mol. The number of para-hydroxylation sites is 1. The molecule has 12 heteroatoms. The minimum Gasteiger partial charge on any atom is -0.383 e. The Labute approximate surface area is 345 Å². The van der Waals surface area contributed by atoms with E-state index in [9.17, 15) is 23.4 Å². The maximum absolute atomic E-state index is 15.7. The number of pyridine rings is 1. The standard InChI is InChI=1S/C41H40F5N3O3S/c1-27-22-30(14-15-34(27)41(44,45)46)29-12-10-28(11-13-29)24-48(32-16-18-47(19-17-32)20-21-52-2)38(51)25-49-36-9-4-3-7-33(36)37(50)23-39(49)53-26-31-6-5-8-35(42)40(31)43/h3-15,22-23,32H,16-21,24-26H2,1-2H3/i2D3,3D,4D,5D,6D,7D,8D,9D,10D,11D,12D,13D,14D,15D,21D2,22D,23D,24D2,25D2,26D2. The Morgan fingerprint density at radius 2 is 1.74 bits per heavy atom. The van der Waals surface area contributed by atoms with E-state index in [1.54, 1.807) is 0 Å². The molecule has 0 spiro atoms. The molecule has 0 N–H and O–H groups in total. The summed E-state index contributed by atoms with van der Waals surface area (Å²) in [5.74, 6) is -6.74. The van der Waals surface area contributed by atoms with E-state index >= 15 is 13.6 Å². The van der Waals surface area contributed by atoms with Crippen LogP contribution in [0.25, 0.3) is 22.0 Å². The van der Waals surface area contributed by atoms with Gasteiger partial charge in [-0.25, -0.2) is 8.78 Å². The number of amides is 1. The molecule has 1 aliphatic rings. The third-order valence-electron chi connectivity index (χ3n) is 7.66. The van der Waals surface area contributed by atoms with Crippen LogP contribution >= 0.6 is 11.8 Å². The summed E-state index contributed by atoms with van der Waals surface area (Å²) in [6, 6.07) is -23.0. The Hall–Kier alpha value is -4.52. The second kappa shape index (κ2) is 16.7. The van der Waals surface area contributed by atoms with Gasteiger partial charge in [0.2, 0.25) is 5.91 Å². The summed E-state index contributed by atoms with van der Waals surface area (Å²) in [6.45, 7) is -12.2. The molecule has 0 aliphatic carbocycles. The number of carbonyl (C=O) groups is 1. The zero-order valence-electron chi connectivity index (χ0n) is 53.0. The van der Waals surface area contributed by atoms with Crippen molar-refractivity contribution in [1.82, 2.24) is 14.4 Å². The Kier molecular flexibility index (Phi) is 5.44. The topological polar surface area (TPSA) is 54.8 Å². The number of ether oxygens (including phenoxy) is 1. The Bertz CT molecular complexity index is 3350. The molecule has 1 fully saturated rings. The van der Waals surface area contributed by atoms with Crippen LogP contribution < -0.4 is 5.43 Å². The molecule has 1 amide bonds. The van der Waals surface area contributed by atoms with E-state index in [-0.39, 0.29) is 9.47 Å². The van der Waals surface area contributed by atoms with Gasteiger partial charge >= 0.3 is 6.18 Å². The number of piperidine rings is 1. The van der Waals surface area contributed by atoms with Crippen molar-refractivity contribution in [3.63, 3.8) is 0 Å². The molecule has 0 radical (unpaired) electrons. The number of nitrogens with zero attached hydrogens (tertiary/aromatic N) is 3. The fraction of sp³-hybridized carbons (Fsp3) is 0.317. The third kappa shape index (κ3) is 9.00. The highest BCUT2D eigenvalue weighted by Crippen LogP contribution is 2.34. The van der Waals surface area contributed by atoms with E-state index in [1.807, 2.05) is 0 Å². The van der Waals surface area contributed by atoms with Gasteiger partial charge in [-0.05, 0) is 66.2 Å². The normalized spacial score (nSPS) is 22.5. The highest BCUT2D eigenvalue weighted by molar-refractivity contribution is 7.98. The second-order valence-electron chi connectivity index (χ2n) is 11.1. The van der Waals surface area contributed by atoms with Crippen molar-refractivity contribution in [1.29, 1.82) is 0 Å². The molecule has 1 aromatic heterocycles. The van der Waals surface area contributed by atoms with Gasteiger partial charge < -0.3 is 19.1 Å². The van der Waals surface area contributed by atoms with Gasteiger partial charge in [-0.15, -0.1) is 11.8 Å². The number of halogens is 5. The van der Waals surface area contributed by atoms with E-state index in [4.69, 9.17) is 30.2 Å². The van der Waals surface area contributed by atoms with Crippen molar-refractivity contribution in [2.45, 2.75) is 55.7 Å². The van der Waals surface area contributed by atoms with Crippen LogP contribution in [0.1, 0.15) is 70.7 Å².